The van der Waals surface area contributed by atoms with Gasteiger partial charge in [-0.15, -0.1) is 22.7 Å². The van der Waals surface area contributed by atoms with Gasteiger partial charge in [0.25, 0.3) is 0 Å². The SMILES string of the molecule is N#Cc1cc(-c2nc(-c3ccc4sc5ccccc5c4c3)nc(-c3ccccc3)c2C#N)ccc1-n1c2ccccc2c2cc3c(cc21)sc1ccccc13. The van der Waals surface area contributed by atoms with E-state index < -0.39 is 0 Å². The maximum atomic E-state index is 10.8. The fourth-order valence-electron chi connectivity index (χ4n) is 7.99. The third-order valence-corrected chi connectivity index (χ3v) is 12.8. The summed E-state index contributed by atoms with van der Waals surface area (Å²) in [7, 11) is 0. The van der Waals surface area contributed by atoms with E-state index in [9.17, 15) is 10.5 Å². The highest BCUT2D eigenvalue weighted by Crippen LogP contribution is 2.42. The molecule has 0 aliphatic carbocycles. The summed E-state index contributed by atoms with van der Waals surface area (Å²) >= 11 is 3.54. The lowest BCUT2D eigenvalue weighted by molar-refractivity contribution is 1.15. The summed E-state index contributed by atoms with van der Waals surface area (Å²) < 4.78 is 7.06. The highest BCUT2D eigenvalue weighted by atomic mass is 32.1. The smallest absolute Gasteiger partial charge is 0.160 e. The molecular weight excluding hydrogens is 711 g/mol. The Morgan fingerprint density at radius 1 is 0.436 bits per heavy atom. The number of benzene rings is 7. The quantitative estimate of drug-likeness (QED) is 0.180. The van der Waals surface area contributed by atoms with Gasteiger partial charge >= 0.3 is 0 Å². The van der Waals surface area contributed by atoms with E-state index >= 15 is 0 Å². The number of fused-ring (bicyclic) bond motifs is 9. The molecule has 7 heteroatoms. The van der Waals surface area contributed by atoms with Crippen molar-refractivity contribution < 1.29 is 0 Å². The van der Waals surface area contributed by atoms with Gasteiger partial charge in [-0.1, -0.05) is 91.0 Å². The molecule has 0 saturated heterocycles. The van der Waals surface area contributed by atoms with Crippen LogP contribution in [0.2, 0.25) is 0 Å². The molecule has 0 saturated carbocycles. The zero-order chi connectivity index (χ0) is 36.6. The summed E-state index contributed by atoms with van der Waals surface area (Å²) in [5.41, 5.74) is 7.05. The molecule has 254 valence electrons. The van der Waals surface area contributed by atoms with Gasteiger partial charge in [-0.2, -0.15) is 10.5 Å². The molecule has 4 heterocycles. The second kappa shape index (κ2) is 12.2. The molecule has 4 aromatic heterocycles. The standard InChI is InChI=1S/C48H25N5S2/c49-26-31-22-29(18-20-39(31)53-40-15-7-4-12-32(40)35-24-37-34-14-6-9-17-43(34)55-45(37)25-41(35)53)47-38(27-50)46(28-10-2-1-3-11-28)51-48(52-47)30-19-21-44-36(23-30)33-13-5-8-16-42(33)54-44/h1-25H. The van der Waals surface area contributed by atoms with Crippen LogP contribution in [0.15, 0.2) is 152 Å². The Hall–Kier alpha value is -7.16. The van der Waals surface area contributed by atoms with Gasteiger partial charge in [0.2, 0.25) is 0 Å². The first-order valence-corrected chi connectivity index (χ1v) is 19.5. The lowest BCUT2D eigenvalue weighted by Gasteiger charge is -2.14. The minimum absolute atomic E-state index is 0.359. The van der Waals surface area contributed by atoms with Crippen molar-refractivity contribution in [2.45, 2.75) is 0 Å². The fraction of sp³-hybridized carbons (Fsp3) is 0. The van der Waals surface area contributed by atoms with Crippen molar-refractivity contribution in [3.8, 4) is 51.7 Å². The molecule has 0 atom stereocenters. The van der Waals surface area contributed by atoms with E-state index in [0.717, 1.165) is 44.0 Å². The third kappa shape index (κ3) is 4.82. The first kappa shape index (κ1) is 31.4. The van der Waals surface area contributed by atoms with Crippen LogP contribution in [0, 0.1) is 22.7 Å². The number of rotatable bonds is 4. The summed E-state index contributed by atoms with van der Waals surface area (Å²) in [6, 6.07) is 56.7. The molecule has 7 aromatic carbocycles. The van der Waals surface area contributed by atoms with Crippen molar-refractivity contribution in [2.24, 2.45) is 0 Å². The predicted molar refractivity (Wildman–Crippen MR) is 228 cm³/mol. The van der Waals surface area contributed by atoms with E-state index in [1.807, 2.05) is 54.6 Å². The largest absolute Gasteiger partial charge is 0.308 e. The molecule has 0 amide bonds. The normalized spacial score (nSPS) is 11.6. The molecule has 11 rings (SSSR count). The number of hydrogen-bond acceptors (Lipinski definition) is 6. The second-order valence-corrected chi connectivity index (χ2v) is 15.7. The second-order valence-electron chi connectivity index (χ2n) is 13.6. The summed E-state index contributed by atoms with van der Waals surface area (Å²) in [6.07, 6.45) is 0. The van der Waals surface area contributed by atoms with Crippen LogP contribution in [-0.2, 0) is 0 Å². The number of nitriles is 2. The van der Waals surface area contributed by atoms with Crippen LogP contribution < -0.4 is 0 Å². The molecule has 5 nitrogen and oxygen atoms in total. The molecule has 0 aliphatic rings. The molecule has 0 radical (unpaired) electrons. The molecular formula is C48H25N5S2. The Morgan fingerprint density at radius 3 is 1.80 bits per heavy atom. The zero-order valence-electron chi connectivity index (χ0n) is 29.0. The molecule has 0 bridgehead atoms. The van der Waals surface area contributed by atoms with E-state index in [-0.39, 0.29) is 0 Å². The number of para-hydroxylation sites is 1. The highest BCUT2D eigenvalue weighted by Gasteiger charge is 2.22. The van der Waals surface area contributed by atoms with Crippen LogP contribution in [0.5, 0.6) is 0 Å². The summed E-state index contributed by atoms with van der Waals surface area (Å²) in [4.78, 5) is 10.2. The minimum Gasteiger partial charge on any atom is -0.308 e. The van der Waals surface area contributed by atoms with E-state index in [4.69, 9.17) is 9.97 Å². The minimum atomic E-state index is 0.359. The molecule has 0 unspecified atom stereocenters. The molecule has 0 aliphatic heterocycles. The Labute approximate surface area is 322 Å². The van der Waals surface area contributed by atoms with E-state index in [2.05, 4.69) is 114 Å². The van der Waals surface area contributed by atoms with Gasteiger partial charge in [-0.05, 0) is 60.7 Å². The van der Waals surface area contributed by atoms with Crippen LogP contribution in [-0.4, -0.2) is 14.5 Å². The van der Waals surface area contributed by atoms with E-state index in [0.29, 0.717) is 33.9 Å². The molecule has 11 aromatic rings. The van der Waals surface area contributed by atoms with Crippen LogP contribution in [0.4, 0.5) is 0 Å². The Kier molecular flexibility index (Phi) is 6.96. The van der Waals surface area contributed by atoms with Crippen molar-refractivity contribution >= 4 is 84.8 Å². The molecule has 0 N–H and O–H groups in total. The number of aromatic nitrogens is 3. The number of nitrogens with zero attached hydrogens (tertiary/aromatic N) is 5. The van der Waals surface area contributed by atoms with Gasteiger partial charge in [-0.3, -0.25) is 0 Å². The van der Waals surface area contributed by atoms with Gasteiger partial charge < -0.3 is 4.57 Å². The van der Waals surface area contributed by atoms with Crippen molar-refractivity contribution in [3.63, 3.8) is 0 Å². The molecule has 55 heavy (non-hydrogen) atoms. The summed E-state index contributed by atoms with van der Waals surface area (Å²) in [5.74, 6) is 0.516. The highest BCUT2D eigenvalue weighted by molar-refractivity contribution is 7.26. The first-order chi connectivity index (χ1) is 27.2. The van der Waals surface area contributed by atoms with Crippen LogP contribution in [0.25, 0.3) is 102 Å². The molecule has 0 fully saturated rings. The maximum absolute atomic E-state index is 10.8. The van der Waals surface area contributed by atoms with Gasteiger partial charge in [0.05, 0.1) is 33.7 Å². The van der Waals surface area contributed by atoms with Gasteiger partial charge in [0.15, 0.2) is 5.82 Å². The Morgan fingerprint density at radius 2 is 1.05 bits per heavy atom. The monoisotopic (exact) mass is 735 g/mol. The van der Waals surface area contributed by atoms with Crippen molar-refractivity contribution in [3.05, 3.63) is 163 Å². The number of thiophene rings is 2. The average Bonchev–Trinajstić information content (AvgIpc) is 3.91. The van der Waals surface area contributed by atoms with Crippen LogP contribution in [0.3, 0.4) is 0 Å². The zero-order valence-corrected chi connectivity index (χ0v) is 30.6. The Bertz CT molecular complexity index is 3470. The van der Waals surface area contributed by atoms with Crippen molar-refractivity contribution in [1.29, 1.82) is 10.5 Å². The Balaban J connectivity index is 1.13. The first-order valence-electron chi connectivity index (χ1n) is 17.9. The van der Waals surface area contributed by atoms with Crippen molar-refractivity contribution in [2.75, 3.05) is 0 Å². The summed E-state index contributed by atoms with van der Waals surface area (Å²) in [6.45, 7) is 0. The van der Waals surface area contributed by atoms with Crippen LogP contribution >= 0.6 is 22.7 Å². The van der Waals surface area contributed by atoms with Gasteiger partial charge in [-0.25, -0.2) is 9.97 Å². The predicted octanol–water partition coefficient (Wildman–Crippen LogP) is 13.1. The number of hydrogen-bond donors (Lipinski definition) is 0. The maximum Gasteiger partial charge on any atom is 0.160 e. The van der Waals surface area contributed by atoms with Crippen molar-refractivity contribution in [1.82, 2.24) is 14.5 Å². The topological polar surface area (TPSA) is 78.3 Å². The third-order valence-electron chi connectivity index (χ3n) is 10.5. The van der Waals surface area contributed by atoms with Crippen LogP contribution in [0.1, 0.15) is 11.1 Å². The average molecular weight is 736 g/mol. The van der Waals surface area contributed by atoms with E-state index in [1.54, 1.807) is 22.7 Å². The fourth-order valence-corrected chi connectivity index (χ4v) is 10.2. The summed E-state index contributed by atoms with van der Waals surface area (Å²) in [5, 5.41) is 28.6. The van der Waals surface area contributed by atoms with Gasteiger partial charge in [0.1, 0.15) is 17.7 Å². The lowest BCUT2D eigenvalue weighted by Crippen LogP contribution is -2.02. The molecule has 0 spiro atoms. The lowest BCUT2D eigenvalue weighted by atomic mass is 9.98. The van der Waals surface area contributed by atoms with E-state index in [1.165, 1.54) is 35.0 Å². The van der Waals surface area contributed by atoms with Gasteiger partial charge in [0, 0.05) is 67.8 Å².